The standard InChI is InChI=1S/C21H28BBrN2O4/c1-4-6-25(7-10-27-21(26)17(2)3)16-24-15-19-11-18(14-23)12-20(13-19)22-28-8-5-9-29-22/h4,6,11-13,16H,2,5,7-10,14-15H2,1,3H3/b6-4-,24-16?. The van der Waals surface area contributed by atoms with Gasteiger partial charge in [0.2, 0.25) is 0 Å². The fraction of sp³-hybridized carbons (Fsp3) is 0.429. The molecule has 0 amide bonds. The number of hydrogen-bond acceptors (Lipinski definition) is 5. The zero-order valence-corrected chi connectivity index (χ0v) is 18.7. The number of carbonyl (C=O) groups is 1. The van der Waals surface area contributed by atoms with Gasteiger partial charge in [-0.3, -0.25) is 4.99 Å². The number of benzene rings is 1. The van der Waals surface area contributed by atoms with Gasteiger partial charge in [0.05, 0.1) is 19.4 Å². The van der Waals surface area contributed by atoms with Crippen molar-refractivity contribution in [2.75, 3.05) is 26.4 Å². The minimum atomic E-state index is -0.381. The summed E-state index contributed by atoms with van der Waals surface area (Å²) >= 11 is 3.53. The molecule has 0 bridgehead atoms. The topological polar surface area (TPSA) is 60.4 Å². The fourth-order valence-corrected chi connectivity index (χ4v) is 3.08. The van der Waals surface area contributed by atoms with Gasteiger partial charge >= 0.3 is 13.1 Å². The molecule has 2 rings (SSSR count). The van der Waals surface area contributed by atoms with Crippen molar-refractivity contribution in [3.8, 4) is 0 Å². The highest BCUT2D eigenvalue weighted by Gasteiger charge is 2.25. The highest BCUT2D eigenvalue weighted by molar-refractivity contribution is 9.08. The molecule has 1 aliphatic heterocycles. The van der Waals surface area contributed by atoms with Crippen LogP contribution in [0.1, 0.15) is 31.4 Å². The first-order valence-electron chi connectivity index (χ1n) is 9.66. The van der Waals surface area contributed by atoms with E-state index >= 15 is 0 Å². The lowest BCUT2D eigenvalue weighted by Gasteiger charge is -2.21. The van der Waals surface area contributed by atoms with Gasteiger partial charge in [-0.1, -0.05) is 46.8 Å². The van der Waals surface area contributed by atoms with E-state index in [0.717, 1.165) is 28.3 Å². The van der Waals surface area contributed by atoms with Crippen molar-refractivity contribution in [1.29, 1.82) is 0 Å². The van der Waals surface area contributed by atoms with Crippen molar-refractivity contribution in [2.24, 2.45) is 4.99 Å². The first kappa shape index (κ1) is 23.4. The van der Waals surface area contributed by atoms with E-state index in [1.807, 2.05) is 24.1 Å². The highest BCUT2D eigenvalue weighted by atomic mass is 79.9. The van der Waals surface area contributed by atoms with E-state index in [-0.39, 0.29) is 19.7 Å². The molecular formula is C21H28BBrN2O4. The number of hydrogen-bond donors (Lipinski definition) is 0. The second kappa shape index (κ2) is 12.6. The molecule has 0 N–H and O–H groups in total. The molecule has 0 unspecified atom stereocenters. The van der Waals surface area contributed by atoms with Crippen molar-refractivity contribution >= 4 is 40.8 Å². The Morgan fingerprint density at radius 3 is 2.72 bits per heavy atom. The SMILES string of the molecule is C=C(C)C(=O)OCCN(C=NCc1cc(CBr)cc(B2OCCCO2)c1)/C=C\C. The maximum atomic E-state index is 11.5. The van der Waals surface area contributed by atoms with Crippen molar-refractivity contribution in [3.63, 3.8) is 0 Å². The van der Waals surface area contributed by atoms with Crippen molar-refractivity contribution in [1.82, 2.24) is 4.90 Å². The Hall–Kier alpha value is -1.90. The van der Waals surface area contributed by atoms with Crippen LogP contribution in [0.3, 0.4) is 0 Å². The molecule has 0 atom stereocenters. The summed E-state index contributed by atoms with van der Waals surface area (Å²) in [6.07, 6.45) is 6.48. The predicted octanol–water partition coefficient (Wildman–Crippen LogP) is 3.20. The number of allylic oxidation sites excluding steroid dienone is 1. The van der Waals surface area contributed by atoms with Gasteiger partial charge in [-0.2, -0.15) is 0 Å². The number of rotatable bonds is 10. The van der Waals surface area contributed by atoms with Gasteiger partial charge in [0.1, 0.15) is 6.61 Å². The molecule has 1 saturated heterocycles. The van der Waals surface area contributed by atoms with Crippen LogP contribution in [0.4, 0.5) is 0 Å². The van der Waals surface area contributed by atoms with E-state index < -0.39 is 0 Å². The third-order valence-corrected chi connectivity index (χ3v) is 4.75. The van der Waals surface area contributed by atoms with E-state index in [9.17, 15) is 4.79 Å². The highest BCUT2D eigenvalue weighted by Crippen LogP contribution is 2.11. The molecule has 1 heterocycles. The second-order valence-corrected chi connectivity index (χ2v) is 7.30. The van der Waals surface area contributed by atoms with E-state index in [1.165, 1.54) is 0 Å². The van der Waals surface area contributed by atoms with E-state index in [1.54, 1.807) is 13.3 Å². The van der Waals surface area contributed by atoms with Gasteiger partial charge in [0.15, 0.2) is 0 Å². The van der Waals surface area contributed by atoms with Crippen molar-refractivity contribution < 1.29 is 18.8 Å². The Morgan fingerprint density at radius 2 is 2.07 bits per heavy atom. The number of nitrogens with zero attached hydrogens (tertiary/aromatic N) is 2. The summed E-state index contributed by atoms with van der Waals surface area (Å²) in [6.45, 7) is 9.87. The molecule has 0 spiro atoms. The Kier molecular flexibility index (Phi) is 10.2. The molecule has 1 aromatic rings. The number of halogens is 1. The number of alkyl halides is 1. The van der Waals surface area contributed by atoms with Gasteiger partial charge in [-0.25, -0.2) is 4.79 Å². The summed E-state index contributed by atoms with van der Waals surface area (Å²) in [5, 5.41) is 0.753. The predicted molar refractivity (Wildman–Crippen MR) is 120 cm³/mol. The van der Waals surface area contributed by atoms with Crippen LogP contribution in [0.25, 0.3) is 0 Å². The van der Waals surface area contributed by atoms with Crippen LogP contribution < -0.4 is 5.46 Å². The van der Waals surface area contributed by atoms with Crippen molar-refractivity contribution in [2.45, 2.75) is 32.1 Å². The molecule has 1 aliphatic rings. The average Bonchev–Trinajstić information content (AvgIpc) is 2.74. The van der Waals surface area contributed by atoms with Gasteiger partial charge in [-0.05, 0) is 36.9 Å². The third kappa shape index (κ3) is 8.16. The minimum Gasteiger partial charge on any atom is -0.460 e. The number of carbonyl (C=O) groups excluding carboxylic acids is 1. The first-order valence-corrected chi connectivity index (χ1v) is 10.8. The summed E-state index contributed by atoms with van der Waals surface area (Å²) in [6, 6.07) is 6.29. The molecule has 8 heteroatoms. The molecule has 29 heavy (non-hydrogen) atoms. The maximum absolute atomic E-state index is 11.5. The summed E-state index contributed by atoms with van der Waals surface area (Å²) < 4.78 is 16.6. The normalized spacial score (nSPS) is 14.5. The molecule has 6 nitrogen and oxygen atoms in total. The third-order valence-electron chi connectivity index (χ3n) is 4.10. The second-order valence-electron chi connectivity index (χ2n) is 6.74. The zero-order valence-electron chi connectivity index (χ0n) is 17.1. The zero-order chi connectivity index (χ0) is 21.1. The molecule has 1 aromatic carbocycles. The lowest BCUT2D eigenvalue weighted by molar-refractivity contribution is -0.139. The van der Waals surface area contributed by atoms with Crippen LogP contribution in [0.2, 0.25) is 0 Å². The van der Waals surface area contributed by atoms with Crippen LogP contribution in [0, 0.1) is 0 Å². The Morgan fingerprint density at radius 1 is 1.34 bits per heavy atom. The first-order chi connectivity index (χ1) is 14.0. The lowest BCUT2D eigenvalue weighted by atomic mass is 9.76. The fourth-order valence-electron chi connectivity index (χ4n) is 2.76. The summed E-state index contributed by atoms with van der Waals surface area (Å²) in [5.41, 5.74) is 3.65. The maximum Gasteiger partial charge on any atom is 0.493 e. The Balaban J connectivity index is 1.98. The molecular weight excluding hydrogens is 435 g/mol. The van der Waals surface area contributed by atoms with E-state index in [2.05, 4.69) is 45.7 Å². The van der Waals surface area contributed by atoms with Crippen LogP contribution in [-0.2, 0) is 30.7 Å². The van der Waals surface area contributed by atoms with Gasteiger partial charge < -0.3 is 18.9 Å². The van der Waals surface area contributed by atoms with Gasteiger partial charge in [0.25, 0.3) is 0 Å². The quantitative estimate of drug-likeness (QED) is 0.133. The van der Waals surface area contributed by atoms with Gasteiger partial charge in [0, 0.05) is 30.3 Å². The van der Waals surface area contributed by atoms with Crippen LogP contribution >= 0.6 is 15.9 Å². The summed E-state index contributed by atoms with van der Waals surface area (Å²) in [7, 11) is -0.312. The number of ether oxygens (including phenoxy) is 1. The Labute approximate surface area is 181 Å². The molecule has 0 aliphatic carbocycles. The monoisotopic (exact) mass is 462 g/mol. The van der Waals surface area contributed by atoms with Crippen LogP contribution in [0.15, 0.2) is 47.6 Å². The number of aliphatic imine (C=N–C) groups is 1. The largest absolute Gasteiger partial charge is 0.493 e. The smallest absolute Gasteiger partial charge is 0.460 e. The summed E-state index contributed by atoms with van der Waals surface area (Å²) in [4.78, 5) is 17.9. The Bertz CT molecular complexity index is 748. The molecule has 0 aromatic heterocycles. The molecule has 0 radical (unpaired) electrons. The van der Waals surface area contributed by atoms with Crippen molar-refractivity contribution in [3.05, 3.63) is 53.8 Å². The van der Waals surface area contributed by atoms with Gasteiger partial charge in [-0.15, -0.1) is 0 Å². The van der Waals surface area contributed by atoms with E-state index in [4.69, 9.17) is 14.0 Å². The van der Waals surface area contributed by atoms with Crippen LogP contribution in [-0.4, -0.2) is 50.7 Å². The molecule has 1 fully saturated rings. The lowest BCUT2D eigenvalue weighted by Crippen LogP contribution is -2.41. The molecule has 156 valence electrons. The minimum absolute atomic E-state index is 0.266. The summed E-state index contributed by atoms with van der Waals surface area (Å²) in [5.74, 6) is -0.381. The van der Waals surface area contributed by atoms with Crippen LogP contribution in [0.5, 0.6) is 0 Å². The van der Waals surface area contributed by atoms with E-state index in [0.29, 0.717) is 31.9 Å². The average molecular weight is 463 g/mol. The molecule has 0 saturated carbocycles. The number of esters is 1.